The molecule has 0 radical (unpaired) electrons. The predicted octanol–water partition coefficient (Wildman–Crippen LogP) is 2.40. The maximum atomic E-state index is 9.45. The lowest BCUT2D eigenvalue weighted by atomic mass is 9.66. The van der Waals surface area contributed by atoms with Crippen molar-refractivity contribution in [3.63, 3.8) is 0 Å². The van der Waals surface area contributed by atoms with E-state index >= 15 is 0 Å². The van der Waals surface area contributed by atoms with E-state index in [1.54, 1.807) is 0 Å². The average molecular weight is 240 g/mol. The number of ether oxygens (including phenoxy) is 1. The van der Waals surface area contributed by atoms with E-state index in [0.29, 0.717) is 13.2 Å². The smallest absolute Gasteiger partial charge is 0.181 e. The fraction of sp³-hybridized carbons (Fsp3) is 0.429. The zero-order chi connectivity index (χ0) is 12.2. The van der Waals surface area contributed by atoms with Crippen LogP contribution in [0.2, 0.25) is 0 Å². The summed E-state index contributed by atoms with van der Waals surface area (Å²) in [6.07, 6.45) is 3.40. The Hall–Kier alpha value is -1.86. The molecular formula is C14H12N2O2. The SMILES string of the molecule is N#CC1(C2(c3ccc4ncoc4c3)COC2)CC1. The zero-order valence-corrected chi connectivity index (χ0v) is 9.85. The maximum Gasteiger partial charge on any atom is 0.181 e. The second-order valence-corrected chi connectivity index (χ2v) is 5.30. The van der Waals surface area contributed by atoms with Crippen LogP contribution in [0.4, 0.5) is 0 Å². The van der Waals surface area contributed by atoms with Gasteiger partial charge in [0.25, 0.3) is 0 Å². The van der Waals surface area contributed by atoms with Gasteiger partial charge in [-0.2, -0.15) is 5.26 Å². The summed E-state index contributed by atoms with van der Waals surface area (Å²) in [4.78, 5) is 4.12. The summed E-state index contributed by atoms with van der Waals surface area (Å²) in [5.41, 5.74) is 2.43. The summed E-state index contributed by atoms with van der Waals surface area (Å²) in [5.74, 6) is 0. The summed E-state index contributed by atoms with van der Waals surface area (Å²) < 4.78 is 10.8. The van der Waals surface area contributed by atoms with Gasteiger partial charge in [0.05, 0.1) is 30.1 Å². The number of nitrogens with zero attached hydrogens (tertiary/aromatic N) is 2. The first-order valence-corrected chi connectivity index (χ1v) is 6.12. The van der Waals surface area contributed by atoms with Gasteiger partial charge in [0, 0.05) is 0 Å². The lowest BCUT2D eigenvalue weighted by Gasteiger charge is -2.45. The van der Waals surface area contributed by atoms with Crippen molar-refractivity contribution in [3.8, 4) is 6.07 Å². The lowest BCUT2D eigenvalue weighted by Crippen LogP contribution is -2.53. The van der Waals surface area contributed by atoms with Crippen LogP contribution in [-0.4, -0.2) is 18.2 Å². The van der Waals surface area contributed by atoms with Crippen LogP contribution >= 0.6 is 0 Å². The standard InChI is InChI=1S/C14H12N2O2/c15-6-13(3-4-13)14(7-17-8-14)10-1-2-11-12(5-10)18-9-16-11/h1-2,5,9H,3-4,7-8H2. The van der Waals surface area contributed by atoms with Crippen LogP contribution < -0.4 is 0 Å². The van der Waals surface area contributed by atoms with E-state index in [-0.39, 0.29) is 10.8 Å². The lowest BCUT2D eigenvalue weighted by molar-refractivity contribution is -0.0866. The van der Waals surface area contributed by atoms with Crippen LogP contribution in [0.3, 0.4) is 0 Å². The fourth-order valence-corrected chi connectivity index (χ4v) is 3.00. The van der Waals surface area contributed by atoms with Gasteiger partial charge >= 0.3 is 0 Å². The van der Waals surface area contributed by atoms with Crippen molar-refractivity contribution in [2.24, 2.45) is 5.41 Å². The fourth-order valence-electron chi connectivity index (χ4n) is 3.00. The summed E-state index contributed by atoms with van der Waals surface area (Å²) >= 11 is 0. The third kappa shape index (κ3) is 1.05. The molecule has 0 unspecified atom stereocenters. The molecule has 18 heavy (non-hydrogen) atoms. The van der Waals surface area contributed by atoms with Gasteiger partial charge in [-0.25, -0.2) is 4.98 Å². The Labute approximate surface area is 104 Å². The summed E-state index contributed by atoms with van der Waals surface area (Å²) in [6.45, 7) is 1.28. The van der Waals surface area contributed by atoms with E-state index in [9.17, 15) is 5.26 Å². The highest BCUT2D eigenvalue weighted by Gasteiger charge is 2.64. The summed E-state index contributed by atoms with van der Waals surface area (Å²) in [5, 5.41) is 9.45. The number of aromatic nitrogens is 1. The maximum absolute atomic E-state index is 9.45. The van der Waals surface area contributed by atoms with Crippen molar-refractivity contribution in [2.45, 2.75) is 18.3 Å². The van der Waals surface area contributed by atoms with E-state index in [1.165, 1.54) is 6.39 Å². The molecule has 1 aliphatic carbocycles. The molecule has 0 bridgehead atoms. The highest BCUT2D eigenvalue weighted by Crippen LogP contribution is 2.62. The van der Waals surface area contributed by atoms with E-state index in [4.69, 9.17) is 9.15 Å². The molecule has 1 saturated heterocycles. The number of hydrogen-bond donors (Lipinski definition) is 0. The molecule has 1 aliphatic heterocycles. The van der Waals surface area contributed by atoms with Crippen LogP contribution in [0, 0.1) is 16.7 Å². The summed E-state index contributed by atoms with van der Waals surface area (Å²) in [6, 6.07) is 8.55. The van der Waals surface area contributed by atoms with Crippen molar-refractivity contribution >= 4 is 11.1 Å². The molecular weight excluding hydrogens is 228 g/mol. The Morgan fingerprint density at radius 1 is 1.28 bits per heavy atom. The van der Waals surface area contributed by atoms with Crippen molar-refractivity contribution in [1.29, 1.82) is 5.26 Å². The number of rotatable bonds is 2. The first-order chi connectivity index (χ1) is 8.80. The highest BCUT2D eigenvalue weighted by atomic mass is 16.5. The number of fused-ring (bicyclic) bond motifs is 1. The molecule has 4 rings (SSSR count). The molecule has 0 N–H and O–H groups in total. The molecule has 4 nitrogen and oxygen atoms in total. The van der Waals surface area contributed by atoms with Crippen molar-refractivity contribution in [1.82, 2.24) is 4.98 Å². The first-order valence-electron chi connectivity index (χ1n) is 6.12. The van der Waals surface area contributed by atoms with Crippen LogP contribution in [0.5, 0.6) is 0 Å². The molecule has 0 amide bonds. The molecule has 0 spiro atoms. The minimum absolute atomic E-state index is 0.136. The third-order valence-corrected chi connectivity index (χ3v) is 4.46. The molecule has 4 heteroatoms. The zero-order valence-electron chi connectivity index (χ0n) is 9.85. The van der Waals surface area contributed by atoms with Crippen LogP contribution in [0.15, 0.2) is 29.0 Å². The number of hydrogen-bond acceptors (Lipinski definition) is 4. The van der Waals surface area contributed by atoms with Gasteiger partial charge in [0.2, 0.25) is 0 Å². The Morgan fingerprint density at radius 3 is 2.72 bits per heavy atom. The minimum atomic E-state index is -0.223. The van der Waals surface area contributed by atoms with Gasteiger partial charge in [0.15, 0.2) is 12.0 Å². The topological polar surface area (TPSA) is 59.0 Å². The first kappa shape index (κ1) is 10.1. The highest BCUT2D eigenvalue weighted by molar-refractivity contribution is 5.73. The van der Waals surface area contributed by atoms with Gasteiger partial charge in [-0.15, -0.1) is 0 Å². The second kappa shape index (κ2) is 3.12. The Bertz CT molecular complexity index is 660. The second-order valence-electron chi connectivity index (χ2n) is 5.30. The van der Waals surface area contributed by atoms with Crippen molar-refractivity contribution in [2.75, 3.05) is 13.2 Å². The quantitative estimate of drug-likeness (QED) is 0.808. The van der Waals surface area contributed by atoms with Gasteiger partial charge in [0.1, 0.15) is 5.52 Å². The molecule has 2 fully saturated rings. The van der Waals surface area contributed by atoms with E-state index in [1.807, 2.05) is 12.1 Å². The summed E-state index contributed by atoms with van der Waals surface area (Å²) in [7, 11) is 0. The van der Waals surface area contributed by atoms with Crippen LogP contribution in [0.25, 0.3) is 11.1 Å². The average Bonchev–Trinajstić information content (AvgIpc) is 2.99. The Kier molecular flexibility index (Phi) is 1.75. The number of oxazole rings is 1. The van der Waals surface area contributed by atoms with Gasteiger partial charge < -0.3 is 9.15 Å². The van der Waals surface area contributed by atoms with E-state index in [2.05, 4.69) is 17.1 Å². The third-order valence-electron chi connectivity index (χ3n) is 4.46. The Balaban J connectivity index is 1.87. The van der Waals surface area contributed by atoms with Crippen molar-refractivity contribution in [3.05, 3.63) is 30.2 Å². The monoisotopic (exact) mass is 240 g/mol. The van der Waals surface area contributed by atoms with Crippen molar-refractivity contribution < 1.29 is 9.15 Å². The normalized spacial score (nSPS) is 23.3. The molecule has 1 aromatic carbocycles. The van der Waals surface area contributed by atoms with Gasteiger partial charge in [-0.05, 0) is 30.5 Å². The van der Waals surface area contributed by atoms with E-state index in [0.717, 1.165) is 29.5 Å². The predicted molar refractivity (Wildman–Crippen MR) is 63.8 cm³/mol. The van der Waals surface area contributed by atoms with Gasteiger partial charge in [-0.3, -0.25) is 0 Å². The molecule has 2 aliphatic rings. The van der Waals surface area contributed by atoms with E-state index < -0.39 is 0 Å². The largest absolute Gasteiger partial charge is 0.443 e. The number of benzene rings is 1. The van der Waals surface area contributed by atoms with Gasteiger partial charge in [-0.1, -0.05) is 6.07 Å². The van der Waals surface area contributed by atoms with Crippen LogP contribution in [-0.2, 0) is 10.2 Å². The molecule has 1 saturated carbocycles. The molecule has 2 aromatic rings. The van der Waals surface area contributed by atoms with Crippen LogP contribution in [0.1, 0.15) is 18.4 Å². The molecule has 2 heterocycles. The molecule has 1 aromatic heterocycles. The molecule has 0 atom stereocenters. The minimum Gasteiger partial charge on any atom is -0.443 e. The molecule has 90 valence electrons. The Morgan fingerprint density at radius 2 is 2.11 bits per heavy atom. The number of nitriles is 1.